The van der Waals surface area contributed by atoms with Gasteiger partial charge in [0.15, 0.2) is 6.29 Å². The Morgan fingerprint density at radius 1 is 1.24 bits per heavy atom. The molecule has 2 heterocycles. The van der Waals surface area contributed by atoms with Crippen molar-refractivity contribution in [1.29, 1.82) is 0 Å². The zero-order valence-electron chi connectivity index (χ0n) is 8.92. The molecule has 3 rings (SSSR count). The molecule has 0 spiro atoms. The van der Waals surface area contributed by atoms with Crippen LogP contribution in [-0.2, 0) is 0 Å². The number of hydrogen-bond acceptors (Lipinski definition) is 3. The fourth-order valence-electron chi connectivity index (χ4n) is 1.82. The lowest BCUT2D eigenvalue weighted by atomic mass is 10.1. The zero-order valence-corrected chi connectivity index (χ0v) is 8.92. The molecule has 3 aromatic rings. The number of aldehydes is 1. The molecule has 0 amide bonds. The maximum Gasteiger partial charge on any atom is 0.169 e. The highest BCUT2D eigenvalue weighted by Gasteiger charge is 2.09. The average Bonchev–Trinajstić information content (AvgIpc) is 2.91. The Bertz CT molecular complexity index is 674. The second-order valence-corrected chi connectivity index (χ2v) is 3.67. The number of carbonyl (C=O) groups is 1. The summed E-state index contributed by atoms with van der Waals surface area (Å²) in [5, 5.41) is 0.990. The first-order chi connectivity index (χ1) is 8.38. The van der Waals surface area contributed by atoms with Crippen LogP contribution >= 0.6 is 0 Å². The van der Waals surface area contributed by atoms with Crippen LogP contribution in [0.5, 0.6) is 0 Å². The number of hydrogen-bond donors (Lipinski definition) is 1. The minimum absolute atomic E-state index is 0.402. The summed E-state index contributed by atoms with van der Waals surface area (Å²) in [7, 11) is 0. The molecule has 0 saturated carbocycles. The monoisotopic (exact) mass is 223 g/mol. The Kier molecular flexibility index (Phi) is 2.19. The number of H-pyrrole nitrogens is 1. The largest absolute Gasteiger partial charge is 0.345 e. The number of rotatable bonds is 2. The summed E-state index contributed by atoms with van der Waals surface area (Å²) in [5.74, 6) is 0.658. The second kappa shape index (κ2) is 3.83. The summed E-state index contributed by atoms with van der Waals surface area (Å²) in [4.78, 5) is 22.5. The number of carbonyl (C=O) groups excluding carboxylic acids is 1. The van der Waals surface area contributed by atoms with E-state index in [9.17, 15) is 4.79 Å². The quantitative estimate of drug-likeness (QED) is 0.679. The molecular weight excluding hydrogens is 214 g/mol. The number of pyridine rings is 1. The first kappa shape index (κ1) is 9.72. The van der Waals surface area contributed by atoms with Gasteiger partial charge in [-0.3, -0.25) is 4.79 Å². The summed E-state index contributed by atoms with van der Waals surface area (Å²) in [6, 6.07) is 9.61. The van der Waals surface area contributed by atoms with Gasteiger partial charge in [-0.1, -0.05) is 18.2 Å². The van der Waals surface area contributed by atoms with E-state index >= 15 is 0 Å². The first-order valence-electron chi connectivity index (χ1n) is 5.23. The van der Waals surface area contributed by atoms with E-state index in [0.29, 0.717) is 11.5 Å². The van der Waals surface area contributed by atoms with E-state index in [1.54, 1.807) is 12.4 Å². The third-order valence-electron chi connectivity index (χ3n) is 2.62. The van der Waals surface area contributed by atoms with Crippen LogP contribution in [0, 0.1) is 0 Å². The minimum Gasteiger partial charge on any atom is -0.345 e. The van der Waals surface area contributed by atoms with E-state index < -0.39 is 0 Å². The predicted molar refractivity (Wildman–Crippen MR) is 64.7 cm³/mol. The molecule has 2 aromatic heterocycles. The van der Waals surface area contributed by atoms with Crippen LogP contribution in [0.4, 0.5) is 0 Å². The molecule has 17 heavy (non-hydrogen) atoms. The number of fused-ring (bicyclic) bond motifs is 1. The molecule has 1 aromatic carbocycles. The van der Waals surface area contributed by atoms with E-state index in [0.717, 1.165) is 22.8 Å². The van der Waals surface area contributed by atoms with Crippen molar-refractivity contribution in [1.82, 2.24) is 15.0 Å². The van der Waals surface area contributed by atoms with Gasteiger partial charge in [0.05, 0.1) is 5.52 Å². The molecule has 4 heteroatoms. The number of para-hydroxylation sites is 1. The van der Waals surface area contributed by atoms with Gasteiger partial charge in [-0.2, -0.15) is 0 Å². The molecule has 82 valence electrons. The van der Waals surface area contributed by atoms with Crippen LogP contribution in [0.3, 0.4) is 0 Å². The van der Waals surface area contributed by atoms with Gasteiger partial charge in [-0.05, 0) is 12.1 Å². The van der Waals surface area contributed by atoms with Gasteiger partial charge < -0.3 is 4.98 Å². The van der Waals surface area contributed by atoms with Crippen molar-refractivity contribution in [3.8, 4) is 11.4 Å². The van der Waals surface area contributed by atoms with Crippen LogP contribution in [-0.4, -0.2) is 21.2 Å². The van der Waals surface area contributed by atoms with Crippen molar-refractivity contribution in [2.75, 3.05) is 0 Å². The number of nitrogens with one attached hydrogen (secondary N) is 1. The normalized spacial score (nSPS) is 10.6. The van der Waals surface area contributed by atoms with Gasteiger partial charge in [-0.15, -0.1) is 0 Å². The Balaban J connectivity index is 2.33. The highest BCUT2D eigenvalue weighted by atomic mass is 16.1. The topological polar surface area (TPSA) is 58.6 Å². The van der Waals surface area contributed by atoms with Crippen molar-refractivity contribution >= 4 is 17.2 Å². The number of aromatic amines is 1. The molecule has 1 N–H and O–H groups in total. The molecule has 0 unspecified atom stereocenters. The fourth-order valence-corrected chi connectivity index (χ4v) is 1.82. The van der Waals surface area contributed by atoms with Gasteiger partial charge in [-0.25, -0.2) is 9.97 Å². The molecule has 4 nitrogen and oxygen atoms in total. The molecule has 0 fully saturated rings. The number of aromatic nitrogens is 3. The summed E-state index contributed by atoms with van der Waals surface area (Å²) < 4.78 is 0. The first-order valence-corrected chi connectivity index (χ1v) is 5.23. The van der Waals surface area contributed by atoms with E-state index in [2.05, 4.69) is 15.0 Å². The fraction of sp³-hybridized carbons (Fsp3) is 0. The molecule has 0 radical (unpaired) electrons. The van der Waals surface area contributed by atoms with Gasteiger partial charge >= 0.3 is 0 Å². The molecule has 0 bridgehead atoms. The number of nitrogens with zero attached hydrogens (tertiary/aromatic N) is 2. The van der Waals surface area contributed by atoms with Crippen molar-refractivity contribution in [3.05, 3.63) is 48.4 Å². The van der Waals surface area contributed by atoms with Crippen LogP contribution in [0.2, 0.25) is 0 Å². The highest BCUT2D eigenvalue weighted by molar-refractivity contribution is 5.91. The lowest BCUT2D eigenvalue weighted by Gasteiger charge is -2.03. The van der Waals surface area contributed by atoms with Crippen molar-refractivity contribution < 1.29 is 4.79 Å². The number of benzene rings is 1. The van der Waals surface area contributed by atoms with E-state index in [1.807, 2.05) is 30.3 Å². The van der Waals surface area contributed by atoms with Crippen molar-refractivity contribution in [2.45, 2.75) is 0 Å². The lowest BCUT2D eigenvalue weighted by molar-refractivity contribution is 0.112. The second-order valence-electron chi connectivity index (χ2n) is 3.67. The summed E-state index contributed by atoms with van der Waals surface area (Å²) >= 11 is 0. The third-order valence-corrected chi connectivity index (χ3v) is 2.62. The maximum absolute atomic E-state index is 11.1. The Morgan fingerprint density at radius 3 is 2.88 bits per heavy atom. The molecular formula is C13H9N3O. The molecule has 0 aliphatic heterocycles. The Hall–Kier alpha value is -2.49. The molecule has 0 saturated heterocycles. The van der Waals surface area contributed by atoms with Gasteiger partial charge in [0.1, 0.15) is 11.5 Å². The van der Waals surface area contributed by atoms with Crippen LogP contribution in [0.25, 0.3) is 22.3 Å². The Morgan fingerprint density at radius 2 is 2.12 bits per heavy atom. The van der Waals surface area contributed by atoms with Crippen LogP contribution in [0.1, 0.15) is 10.5 Å². The summed E-state index contributed by atoms with van der Waals surface area (Å²) in [6.45, 7) is 0. The zero-order chi connectivity index (χ0) is 11.7. The van der Waals surface area contributed by atoms with Crippen molar-refractivity contribution in [2.24, 2.45) is 0 Å². The lowest BCUT2D eigenvalue weighted by Crippen LogP contribution is -1.94. The number of imidazole rings is 1. The van der Waals surface area contributed by atoms with Gasteiger partial charge in [0, 0.05) is 23.3 Å². The molecule has 0 aliphatic rings. The molecule has 0 atom stereocenters. The highest BCUT2D eigenvalue weighted by Crippen LogP contribution is 2.22. The smallest absolute Gasteiger partial charge is 0.169 e. The van der Waals surface area contributed by atoms with Crippen LogP contribution in [0.15, 0.2) is 42.7 Å². The van der Waals surface area contributed by atoms with Crippen molar-refractivity contribution in [3.63, 3.8) is 0 Å². The van der Waals surface area contributed by atoms with E-state index in [-0.39, 0.29) is 0 Å². The maximum atomic E-state index is 11.1. The predicted octanol–water partition coefficient (Wildman–Crippen LogP) is 2.44. The van der Waals surface area contributed by atoms with E-state index in [1.165, 1.54) is 0 Å². The van der Waals surface area contributed by atoms with E-state index in [4.69, 9.17) is 0 Å². The summed E-state index contributed by atoms with van der Waals surface area (Å²) in [5.41, 5.74) is 1.94. The summed E-state index contributed by atoms with van der Waals surface area (Å²) in [6.07, 6.45) is 4.13. The minimum atomic E-state index is 0.402. The average molecular weight is 223 g/mol. The van der Waals surface area contributed by atoms with Crippen LogP contribution < -0.4 is 0 Å². The van der Waals surface area contributed by atoms with Gasteiger partial charge in [0.2, 0.25) is 0 Å². The SMILES string of the molecule is O=Cc1nc2ccccc2cc1-c1ncc[nH]1. The van der Waals surface area contributed by atoms with Gasteiger partial charge in [0.25, 0.3) is 0 Å². The Labute approximate surface area is 97.3 Å². The molecule has 0 aliphatic carbocycles. The standard InChI is InChI=1S/C13H9N3O/c17-8-12-10(13-14-5-6-15-13)7-9-3-1-2-4-11(9)16-12/h1-8H,(H,14,15). The third kappa shape index (κ3) is 1.59.